The number of benzene rings is 1. The molecule has 3 aromatic heterocycles. The fraction of sp³-hybridized carbons (Fsp3) is 0.182. The molecule has 8 nitrogen and oxygen atoms in total. The molecule has 152 valence electrons. The Kier molecular flexibility index (Phi) is 4.83. The number of para-hydroxylation sites is 1. The number of fused-ring (bicyclic) bond motifs is 1. The third-order valence-corrected chi connectivity index (χ3v) is 5.10. The van der Waals surface area contributed by atoms with Crippen molar-refractivity contribution in [3.63, 3.8) is 0 Å². The average molecular weight is 401 g/mol. The van der Waals surface area contributed by atoms with Crippen LogP contribution in [0.3, 0.4) is 0 Å². The van der Waals surface area contributed by atoms with Gasteiger partial charge in [0.05, 0.1) is 24.1 Å². The van der Waals surface area contributed by atoms with Crippen LogP contribution in [-0.4, -0.2) is 31.1 Å². The molecule has 0 fully saturated rings. The third kappa shape index (κ3) is 3.12. The second-order valence-electron chi connectivity index (χ2n) is 7.19. The number of hydrogen-bond acceptors (Lipinski definition) is 6. The first-order valence-corrected chi connectivity index (χ1v) is 9.52. The molecule has 0 atom stereocenters. The van der Waals surface area contributed by atoms with E-state index in [0.29, 0.717) is 34.7 Å². The molecule has 0 amide bonds. The SMILES string of the molecule is C=C(C)c1c(NC)cc(Cn2cnc3c(N)ncnc32)n(-c2ccccc2C)c1=O. The molecule has 0 spiro atoms. The van der Waals surface area contributed by atoms with E-state index in [0.717, 1.165) is 22.6 Å². The molecular formula is C22H23N7O. The van der Waals surface area contributed by atoms with Gasteiger partial charge in [-0.25, -0.2) is 15.0 Å². The monoisotopic (exact) mass is 401 g/mol. The number of pyridine rings is 1. The predicted octanol–water partition coefficient (Wildman–Crippen LogP) is 2.99. The summed E-state index contributed by atoms with van der Waals surface area (Å²) in [6.07, 6.45) is 3.07. The van der Waals surface area contributed by atoms with E-state index in [1.807, 2.05) is 48.7 Å². The molecular weight excluding hydrogens is 378 g/mol. The zero-order valence-electron chi connectivity index (χ0n) is 17.2. The summed E-state index contributed by atoms with van der Waals surface area (Å²) in [5.41, 5.74) is 11.5. The standard InChI is InChI=1S/C22H23N7O/c1-13(2)18-16(24-4)9-15(29(22(18)30)17-8-6-5-7-14(17)3)10-28-12-27-19-20(23)25-11-26-21(19)28/h5-9,11-12,24H,1,10H2,2-4H3,(H2,23,25,26). The number of allylic oxidation sites excluding steroid dienone is 1. The van der Waals surface area contributed by atoms with Gasteiger partial charge in [-0.1, -0.05) is 24.8 Å². The second kappa shape index (κ2) is 7.47. The van der Waals surface area contributed by atoms with Gasteiger partial charge in [0.15, 0.2) is 11.5 Å². The van der Waals surface area contributed by atoms with Crippen LogP contribution >= 0.6 is 0 Å². The number of anilines is 2. The number of nitrogen functional groups attached to an aromatic ring is 1. The summed E-state index contributed by atoms with van der Waals surface area (Å²) in [6, 6.07) is 9.76. The van der Waals surface area contributed by atoms with Crippen LogP contribution < -0.4 is 16.6 Å². The minimum Gasteiger partial charge on any atom is -0.387 e. The molecule has 0 radical (unpaired) electrons. The van der Waals surface area contributed by atoms with E-state index in [-0.39, 0.29) is 5.56 Å². The molecule has 0 saturated heterocycles. The topological polar surface area (TPSA) is 104 Å². The average Bonchev–Trinajstić information content (AvgIpc) is 3.12. The van der Waals surface area contributed by atoms with Crippen molar-refractivity contribution in [2.75, 3.05) is 18.1 Å². The van der Waals surface area contributed by atoms with Crippen molar-refractivity contribution in [2.24, 2.45) is 0 Å². The summed E-state index contributed by atoms with van der Waals surface area (Å²) in [7, 11) is 1.80. The van der Waals surface area contributed by atoms with Crippen LogP contribution in [0.25, 0.3) is 22.4 Å². The highest BCUT2D eigenvalue weighted by Gasteiger charge is 2.18. The lowest BCUT2D eigenvalue weighted by atomic mass is 10.1. The van der Waals surface area contributed by atoms with Crippen molar-refractivity contribution < 1.29 is 0 Å². The first-order valence-electron chi connectivity index (χ1n) is 9.52. The van der Waals surface area contributed by atoms with E-state index in [1.165, 1.54) is 6.33 Å². The van der Waals surface area contributed by atoms with Crippen LogP contribution in [0.2, 0.25) is 0 Å². The minimum atomic E-state index is -0.128. The number of aryl methyl sites for hydroxylation is 1. The zero-order valence-corrected chi connectivity index (χ0v) is 17.2. The largest absolute Gasteiger partial charge is 0.387 e. The van der Waals surface area contributed by atoms with Crippen LogP contribution in [0.15, 0.2) is 54.4 Å². The molecule has 0 aliphatic carbocycles. The first kappa shape index (κ1) is 19.4. The number of nitrogens with zero attached hydrogens (tertiary/aromatic N) is 5. The lowest BCUT2D eigenvalue weighted by molar-refractivity contribution is 0.744. The van der Waals surface area contributed by atoms with Crippen molar-refractivity contribution >= 4 is 28.2 Å². The van der Waals surface area contributed by atoms with Crippen LogP contribution in [0.1, 0.15) is 23.7 Å². The lowest BCUT2D eigenvalue weighted by Gasteiger charge is -2.20. The maximum Gasteiger partial charge on any atom is 0.264 e. The highest BCUT2D eigenvalue weighted by molar-refractivity contribution is 5.81. The fourth-order valence-electron chi connectivity index (χ4n) is 3.65. The Morgan fingerprint density at radius 2 is 2.00 bits per heavy atom. The summed E-state index contributed by atoms with van der Waals surface area (Å²) in [6.45, 7) is 8.21. The van der Waals surface area contributed by atoms with Gasteiger partial charge in [-0.2, -0.15) is 0 Å². The predicted molar refractivity (Wildman–Crippen MR) is 120 cm³/mol. The van der Waals surface area contributed by atoms with Gasteiger partial charge < -0.3 is 15.6 Å². The summed E-state index contributed by atoms with van der Waals surface area (Å²) in [4.78, 5) is 26.3. The van der Waals surface area contributed by atoms with Crippen molar-refractivity contribution in [1.82, 2.24) is 24.1 Å². The quantitative estimate of drug-likeness (QED) is 0.533. The highest BCUT2D eigenvalue weighted by atomic mass is 16.1. The van der Waals surface area contributed by atoms with Crippen molar-refractivity contribution in [3.8, 4) is 5.69 Å². The van der Waals surface area contributed by atoms with Gasteiger partial charge in [-0.15, -0.1) is 0 Å². The maximum atomic E-state index is 13.6. The summed E-state index contributed by atoms with van der Waals surface area (Å²) in [5.74, 6) is 0.323. The zero-order chi connectivity index (χ0) is 21.4. The molecule has 3 heterocycles. The first-order chi connectivity index (χ1) is 14.4. The van der Waals surface area contributed by atoms with Crippen LogP contribution in [-0.2, 0) is 6.54 Å². The molecule has 4 rings (SSSR count). The Morgan fingerprint density at radius 1 is 1.23 bits per heavy atom. The maximum absolute atomic E-state index is 13.6. The summed E-state index contributed by atoms with van der Waals surface area (Å²) < 4.78 is 3.59. The van der Waals surface area contributed by atoms with Crippen molar-refractivity contribution in [1.29, 1.82) is 0 Å². The Balaban J connectivity index is 1.99. The fourth-order valence-corrected chi connectivity index (χ4v) is 3.65. The molecule has 0 saturated carbocycles. The van der Waals surface area contributed by atoms with Crippen LogP contribution in [0.5, 0.6) is 0 Å². The van der Waals surface area contributed by atoms with E-state index >= 15 is 0 Å². The van der Waals surface area contributed by atoms with Crippen molar-refractivity contribution in [2.45, 2.75) is 20.4 Å². The van der Waals surface area contributed by atoms with E-state index in [9.17, 15) is 4.79 Å². The van der Waals surface area contributed by atoms with Gasteiger partial charge in [0.25, 0.3) is 5.56 Å². The second-order valence-corrected chi connectivity index (χ2v) is 7.19. The number of hydrogen-bond donors (Lipinski definition) is 2. The minimum absolute atomic E-state index is 0.128. The van der Waals surface area contributed by atoms with Crippen LogP contribution in [0, 0.1) is 6.92 Å². The summed E-state index contributed by atoms with van der Waals surface area (Å²) in [5, 5.41) is 3.13. The molecule has 0 bridgehead atoms. The molecule has 30 heavy (non-hydrogen) atoms. The molecule has 1 aromatic carbocycles. The van der Waals surface area contributed by atoms with E-state index < -0.39 is 0 Å². The molecule has 0 aliphatic rings. The van der Waals surface area contributed by atoms with Gasteiger partial charge in [0.1, 0.15) is 11.8 Å². The Labute approximate surface area is 173 Å². The normalized spacial score (nSPS) is 11.0. The lowest BCUT2D eigenvalue weighted by Crippen LogP contribution is -2.27. The Hall–Kier alpha value is -3.94. The smallest absolute Gasteiger partial charge is 0.264 e. The van der Waals surface area contributed by atoms with Crippen molar-refractivity contribution in [3.05, 3.63) is 76.7 Å². The van der Waals surface area contributed by atoms with E-state index in [1.54, 1.807) is 17.9 Å². The number of nitrogens with two attached hydrogens (primary N) is 1. The van der Waals surface area contributed by atoms with E-state index in [4.69, 9.17) is 5.73 Å². The van der Waals surface area contributed by atoms with Gasteiger partial charge in [-0.3, -0.25) is 9.36 Å². The number of nitrogens with one attached hydrogen (secondary N) is 1. The third-order valence-electron chi connectivity index (χ3n) is 5.10. The molecule has 0 aliphatic heterocycles. The number of rotatable bonds is 5. The van der Waals surface area contributed by atoms with E-state index in [2.05, 4.69) is 26.8 Å². The molecule has 8 heteroatoms. The number of imidazole rings is 1. The summed E-state index contributed by atoms with van der Waals surface area (Å²) >= 11 is 0. The Morgan fingerprint density at radius 3 is 2.70 bits per heavy atom. The van der Waals surface area contributed by atoms with Gasteiger partial charge in [0, 0.05) is 18.4 Å². The molecule has 4 aromatic rings. The number of aromatic nitrogens is 5. The molecule has 0 unspecified atom stereocenters. The van der Waals surface area contributed by atoms with Gasteiger partial charge in [0.2, 0.25) is 0 Å². The van der Waals surface area contributed by atoms with Gasteiger partial charge >= 0.3 is 0 Å². The molecule has 3 N–H and O–H groups in total. The Bertz CT molecular complexity index is 1330. The van der Waals surface area contributed by atoms with Crippen LogP contribution in [0.4, 0.5) is 11.5 Å². The van der Waals surface area contributed by atoms with Gasteiger partial charge in [-0.05, 0) is 37.1 Å². The highest BCUT2D eigenvalue weighted by Crippen LogP contribution is 2.25.